The van der Waals surface area contributed by atoms with Gasteiger partial charge >= 0.3 is 17.9 Å². The minimum Gasteiger partial charge on any atom is -0.462 e. The number of carbonyl (C=O) groups excluding carboxylic acids is 3. The van der Waals surface area contributed by atoms with Crippen molar-refractivity contribution in [2.75, 3.05) is 13.2 Å². The predicted molar refractivity (Wildman–Crippen MR) is 215 cm³/mol. The molecule has 0 bridgehead atoms. The second kappa shape index (κ2) is 39.6. The highest BCUT2D eigenvalue weighted by atomic mass is 16.6. The molecule has 0 aliphatic carbocycles. The zero-order valence-corrected chi connectivity index (χ0v) is 34.6. The van der Waals surface area contributed by atoms with Gasteiger partial charge in [0.25, 0.3) is 0 Å². The molecule has 0 heterocycles. The van der Waals surface area contributed by atoms with Crippen LogP contribution in [0.3, 0.4) is 0 Å². The Morgan fingerprint density at radius 1 is 0.392 bits per heavy atom. The molecule has 0 saturated heterocycles. The Labute approximate surface area is 317 Å². The van der Waals surface area contributed by atoms with E-state index in [2.05, 4.69) is 27.7 Å². The Morgan fingerprint density at radius 3 is 1.02 bits per heavy atom. The Kier molecular flexibility index (Phi) is 38.4. The minimum atomic E-state index is -0.757. The van der Waals surface area contributed by atoms with Crippen molar-refractivity contribution in [1.29, 1.82) is 0 Å². The number of esters is 3. The lowest BCUT2D eigenvalue weighted by Crippen LogP contribution is -2.30. The maximum absolute atomic E-state index is 12.6. The maximum Gasteiger partial charge on any atom is 0.306 e. The van der Waals surface area contributed by atoms with Gasteiger partial charge in [0.15, 0.2) is 6.10 Å². The van der Waals surface area contributed by atoms with Gasteiger partial charge in [-0.25, -0.2) is 0 Å². The Balaban J connectivity index is 4.25. The number of ether oxygens (including phenoxy) is 3. The number of rotatable bonds is 40. The van der Waals surface area contributed by atoms with Crippen molar-refractivity contribution in [3.05, 3.63) is 0 Å². The van der Waals surface area contributed by atoms with Crippen molar-refractivity contribution in [2.45, 2.75) is 252 Å². The lowest BCUT2D eigenvalue weighted by Gasteiger charge is -2.18. The van der Waals surface area contributed by atoms with Gasteiger partial charge in [-0.3, -0.25) is 14.4 Å². The van der Waals surface area contributed by atoms with Gasteiger partial charge < -0.3 is 14.2 Å². The third kappa shape index (κ3) is 38.0. The second-order valence-electron chi connectivity index (χ2n) is 15.6. The molecule has 0 spiro atoms. The largest absolute Gasteiger partial charge is 0.462 e. The summed E-state index contributed by atoms with van der Waals surface area (Å²) in [6, 6.07) is 0. The van der Waals surface area contributed by atoms with Gasteiger partial charge in [0, 0.05) is 19.3 Å². The normalized spacial score (nSPS) is 12.5. The summed E-state index contributed by atoms with van der Waals surface area (Å²) in [7, 11) is 0. The first-order chi connectivity index (χ1) is 24.9. The number of unbranched alkanes of at least 4 members (excludes halogenated alkanes) is 26. The van der Waals surface area contributed by atoms with Crippen molar-refractivity contribution in [2.24, 2.45) is 5.92 Å². The molecule has 2 atom stereocenters. The van der Waals surface area contributed by atoms with E-state index < -0.39 is 6.10 Å². The van der Waals surface area contributed by atoms with Crippen molar-refractivity contribution in [1.82, 2.24) is 0 Å². The summed E-state index contributed by atoms with van der Waals surface area (Å²) in [5.74, 6) is 0.00770. The molecule has 0 aliphatic heterocycles. The van der Waals surface area contributed by atoms with Gasteiger partial charge in [0.2, 0.25) is 0 Å². The zero-order chi connectivity index (χ0) is 37.5. The number of carbonyl (C=O) groups is 3. The monoisotopic (exact) mass is 723 g/mol. The lowest BCUT2D eigenvalue weighted by molar-refractivity contribution is -0.167. The summed E-state index contributed by atoms with van der Waals surface area (Å²) < 4.78 is 16.6. The lowest BCUT2D eigenvalue weighted by atomic mass is 9.99. The maximum atomic E-state index is 12.6. The van der Waals surface area contributed by atoms with E-state index >= 15 is 0 Å². The van der Waals surface area contributed by atoms with Gasteiger partial charge in [-0.2, -0.15) is 0 Å². The molecular weight excluding hydrogens is 636 g/mol. The molecule has 0 aromatic carbocycles. The number of hydrogen-bond donors (Lipinski definition) is 0. The molecule has 6 nitrogen and oxygen atoms in total. The first kappa shape index (κ1) is 49.4. The van der Waals surface area contributed by atoms with Crippen LogP contribution < -0.4 is 0 Å². The highest BCUT2D eigenvalue weighted by Crippen LogP contribution is 2.17. The van der Waals surface area contributed by atoms with Crippen LogP contribution in [0.2, 0.25) is 0 Å². The molecule has 1 unspecified atom stereocenters. The summed E-state index contributed by atoms with van der Waals surface area (Å²) in [5.41, 5.74) is 0. The Bertz CT molecular complexity index is 768. The van der Waals surface area contributed by atoms with E-state index in [1.165, 1.54) is 141 Å². The minimum absolute atomic E-state index is 0.0645. The Hall–Kier alpha value is -1.59. The van der Waals surface area contributed by atoms with Gasteiger partial charge in [-0.05, 0) is 25.2 Å². The molecule has 302 valence electrons. The number of hydrogen-bond acceptors (Lipinski definition) is 6. The van der Waals surface area contributed by atoms with Crippen molar-refractivity contribution in [3.63, 3.8) is 0 Å². The van der Waals surface area contributed by atoms with Crippen molar-refractivity contribution in [3.8, 4) is 0 Å². The Morgan fingerprint density at radius 2 is 0.686 bits per heavy atom. The van der Waals surface area contributed by atoms with Crippen molar-refractivity contribution < 1.29 is 28.6 Å². The van der Waals surface area contributed by atoms with E-state index in [0.29, 0.717) is 19.3 Å². The molecule has 6 heteroatoms. The third-order valence-corrected chi connectivity index (χ3v) is 10.4. The molecule has 0 fully saturated rings. The molecule has 0 radical (unpaired) electrons. The third-order valence-electron chi connectivity index (χ3n) is 10.4. The second-order valence-corrected chi connectivity index (χ2v) is 15.6. The summed E-state index contributed by atoms with van der Waals surface area (Å²) in [6.07, 6.45) is 38.0. The van der Waals surface area contributed by atoms with Crippen LogP contribution in [0.25, 0.3) is 0 Å². The zero-order valence-electron chi connectivity index (χ0n) is 34.6. The smallest absolute Gasteiger partial charge is 0.306 e. The van der Waals surface area contributed by atoms with E-state index in [0.717, 1.165) is 63.7 Å². The molecule has 51 heavy (non-hydrogen) atoms. The molecular formula is C45H86O6. The SMILES string of the molecule is CCCCCCCCCCCCCCC(=O)OC[C@@H](COC(=O)CCCCCCCCCCCCC(C)CC)OC(=O)CCCCCCCCC. The first-order valence-electron chi connectivity index (χ1n) is 22.4. The quantitative estimate of drug-likeness (QED) is 0.0356. The van der Waals surface area contributed by atoms with Crippen LogP contribution in [0.4, 0.5) is 0 Å². The highest BCUT2D eigenvalue weighted by molar-refractivity contribution is 5.71. The predicted octanol–water partition coefficient (Wildman–Crippen LogP) is 13.9. The van der Waals surface area contributed by atoms with Crippen LogP contribution in [0.15, 0.2) is 0 Å². The first-order valence-corrected chi connectivity index (χ1v) is 22.4. The van der Waals surface area contributed by atoms with Crippen LogP contribution in [-0.2, 0) is 28.6 Å². The fraction of sp³-hybridized carbons (Fsp3) is 0.933. The van der Waals surface area contributed by atoms with Crippen molar-refractivity contribution >= 4 is 17.9 Å². The van der Waals surface area contributed by atoms with E-state index in [-0.39, 0.29) is 31.1 Å². The molecule has 0 rings (SSSR count). The standard InChI is InChI=1S/C45H86O6/c1-5-8-10-12-14-15-16-17-21-25-28-32-36-43(46)49-39-42(51-45(48)38-34-30-23-13-11-9-6-2)40-50-44(47)37-33-29-26-22-19-18-20-24-27-31-35-41(4)7-3/h41-42H,5-40H2,1-4H3/t41?,42-/m0/s1. The highest BCUT2D eigenvalue weighted by Gasteiger charge is 2.19. The van der Waals surface area contributed by atoms with Gasteiger partial charge in [-0.1, -0.05) is 207 Å². The summed E-state index contributed by atoms with van der Waals surface area (Å²) in [4.78, 5) is 37.5. The summed E-state index contributed by atoms with van der Waals surface area (Å²) in [5, 5.41) is 0. The summed E-state index contributed by atoms with van der Waals surface area (Å²) in [6.45, 7) is 8.97. The fourth-order valence-electron chi connectivity index (χ4n) is 6.59. The molecule has 0 aliphatic rings. The van der Waals surface area contributed by atoms with E-state index in [4.69, 9.17) is 14.2 Å². The molecule has 0 saturated carbocycles. The van der Waals surface area contributed by atoms with Crippen LogP contribution in [0, 0.1) is 5.92 Å². The molecule has 0 aromatic heterocycles. The average molecular weight is 723 g/mol. The molecule has 0 amide bonds. The van der Waals surface area contributed by atoms with Gasteiger partial charge in [-0.15, -0.1) is 0 Å². The van der Waals surface area contributed by atoms with Crippen LogP contribution >= 0.6 is 0 Å². The average Bonchev–Trinajstić information content (AvgIpc) is 3.13. The van der Waals surface area contributed by atoms with Gasteiger partial charge in [0.1, 0.15) is 13.2 Å². The topological polar surface area (TPSA) is 78.9 Å². The van der Waals surface area contributed by atoms with Crippen LogP contribution in [-0.4, -0.2) is 37.2 Å². The van der Waals surface area contributed by atoms with E-state index in [1.54, 1.807) is 0 Å². The van der Waals surface area contributed by atoms with Gasteiger partial charge in [0.05, 0.1) is 0 Å². The molecule has 0 aromatic rings. The molecule has 0 N–H and O–H groups in total. The van der Waals surface area contributed by atoms with E-state index in [9.17, 15) is 14.4 Å². The summed E-state index contributed by atoms with van der Waals surface area (Å²) >= 11 is 0. The van der Waals surface area contributed by atoms with E-state index in [1.807, 2.05) is 0 Å². The fourth-order valence-corrected chi connectivity index (χ4v) is 6.59. The van der Waals surface area contributed by atoms with Crippen LogP contribution in [0.1, 0.15) is 246 Å². The van der Waals surface area contributed by atoms with Crippen LogP contribution in [0.5, 0.6) is 0 Å².